The van der Waals surface area contributed by atoms with E-state index in [0.717, 1.165) is 25.0 Å². The number of fused-ring (bicyclic) bond motifs is 10. The third-order valence-corrected chi connectivity index (χ3v) is 14.2. The highest BCUT2D eigenvalue weighted by molar-refractivity contribution is 6.29. The molecule has 2 heterocycles. The van der Waals surface area contributed by atoms with Crippen LogP contribution in [0.5, 0.6) is 0 Å². The average Bonchev–Trinajstić information content (AvgIpc) is 3.69. The van der Waals surface area contributed by atoms with E-state index in [1.165, 1.54) is 110 Å². The molecule has 0 saturated carbocycles. The Bertz CT molecular complexity index is 3660. The Morgan fingerprint density at radius 1 is 0.484 bits per heavy atom. The van der Waals surface area contributed by atoms with Gasteiger partial charge >= 0.3 is 0 Å². The summed E-state index contributed by atoms with van der Waals surface area (Å²) in [6.45, 7) is 4.65. The molecule has 0 N–H and O–H groups in total. The smallest absolute Gasteiger partial charge is 0.0695 e. The van der Waals surface area contributed by atoms with E-state index in [-0.39, 0.29) is 5.92 Å². The van der Waals surface area contributed by atoms with Gasteiger partial charge in [-0.2, -0.15) is 0 Å². The van der Waals surface area contributed by atoms with E-state index in [0.29, 0.717) is 5.92 Å². The zero-order valence-electron chi connectivity index (χ0n) is 36.3. The molecule has 0 spiro atoms. The average molecular weight is 821 g/mol. The third kappa shape index (κ3) is 6.27. The molecule has 1 aromatic heterocycles. The van der Waals surface area contributed by atoms with Crippen molar-refractivity contribution in [2.24, 2.45) is 10.9 Å². The second-order valence-electron chi connectivity index (χ2n) is 17.7. The Morgan fingerprint density at radius 2 is 1.12 bits per heavy atom. The van der Waals surface area contributed by atoms with Crippen molar-refractivity contribution in [1.82, 2.24) is 4.57 Å². The van der Waals surface area contributed by atoms with Gasteiger partial charge in [0.25, 0.3) is 0 Å². The fraction of sp³-hybridized carbons (Fsp3) is 0.113. The predicted molar refractivity (Wildman–Crippen MR) is 274 cm³/mol. The first-order chi connectivity index (χ1) is 31.6. The molecule has 0 radical (unpaired) electrons. The van der Waals surface area contributed by atoms with Gasteiger partial charge in [0.15, 0.2) is 0 Å². The van der Waals surface area contributed by atoms with Gasteiger partial charge in [0.1, 0.15) is 0 Å². The minimum absolute atomic E-state index is 0.282. The van der Waals surface area contributed by atoms with E-state index in [1.807, 2.05) is 0 Å². The molecule has 0 aliphatic carbocycles. The van der Waals surface area contributed by atoms with Crippen LogP contribution in [-0.2, 0) is 0 Å². The Labute approximate surface area is 374 Å². The lowest BCUT2D eigenvalue weighted by atomic mass is 9.75. The molecule has 306 valence electrons. The van der Waals surface area contributed by atoms with Gasteiger partial charge < -0.3 is 4.57 Å². The standard InChI is InChI=1S/C62H48N2/c1-3-48-49(42-18-6-4-7-19-42)34-29-40(2)61(63-62(48)43-20-8-5-9-21-43)46-32-35-53-51-23-12-13-24-52(51)56-27-16-26-50(60(56)57(53)38-46)45-31-36-55-54-25-14-15-28-58(54)64(59(55)39-45)47-33-30-41-17-10-11-22-44(41)37-47/h4-28,30-33,35-39,48-49H,3,29,34H2,1-2H3/b61-40+,63-62?. The van der Waals surface area contributed by atoms with E-state index in [9.17, 15) is 0 Å². The Kier molecular flexibility index (Phi) is 9.34. The highest BCUT2D eigenvalue weighted by Crippen LogP contribution is 2.45. The highest BCUT2D eigenvalue weighted by Gasteiger charge is 2.30. The van der Waals surface area contributed by atoms with Gasteiger partial charge in [0.05, 0.1) is 22.4 Å². The van der Waals surface area contributed by atoms with Crippen LogP contribution < -0.4 is 0 Å². The van der Waals surface area contributed by atoms with E-state index in [2.05, 4.69) is 225 Å². The van der Waals surface area contributed by atoms with Gasteiger partial charge in [-0.05, 0) is 133 Å². The van der Waals surface area contributed by atoms with Crippen LogP contribution in [0.4, 0.5) is 0 Å². The predicted octanol–water partition coefficient (Wildman–Crippen LogP) is 16.9. The lowest BCUT2D eigenvalue weighted by Gasteiger charge is -2.31. The molecule has 0 saturated heterocycles. The number of nitrogens with zero attached hydrogens (tertiary/aromatic N) is 2. The monoisotopic (exact) mass is 820 g/mol. The summed E-state index contributed by atoms with van der Waals surface area (Å²) >= 11 is 0. The summed E-state index contributed by atoms with van der Waals surface area (Å²) in [5, 5.41) is 12.6. The summed E-state index contributed by atoms with van der Waals surface area (Å²) in [4.78, 5) is 5.82. The number of hydrogen-bond donors (Lipinski definition) is 0. The van der Waals surface area contributed by atoms with Gasteiger partial charge in [0.2, 0.25) is 0 Å². The maximum Gasteiger partial charge on any atom is 0.0695 e. The van der Waals surface area contributed by atoms with E-state index < -0.39 is 0 Å². The van der Waals surface area contributed by atoms with Gasteiger partial charge in [-0.25, -0.2) is 0 Å². The van der Waals surface area contributed by atoms with Crippen molar-refractivity contribution >= 4 is 76.3 Å². The zero-order valence-corrected chi connectivity index (χ0v) is 36.3. The number of benzene rings is 10. The Balaban J connectivity index is 1.09. The van der Waals surface area contributed by atoms with Crippen LogP contribution >= 0.6 is 0 Å². The van der Waals surface area contributed by atoms with Gasteiger partial charge in [-0.15, -0.1) is 0 Å². The molecule has 1 aliphatic rings. The van der Waals surface area contributed by atoms with Crippen molar-refractivity contribution in [2.75, 3.05) is 0 Å². The minimum atomic E-state index is 0.282. The van der Waals surface area contributed by atoms with Gasteiger partial charge in [0, 0.05) is 27.9 Å². The van der Waals surface area contributed by atoms with Crippen molar-refractivity contribution in [2.45, 2.75) is 39.0 Å². The summed E-state index contributed by atoms with van der Waals surface area (Å²) in [5.41, 5.74) is 13.4. The van der Waals surface area contributed by atoms with Crippen LogP contribution in [-0.4, -0.2) is 10.3 Å². The molecule has 2 atom stereocenters. The largest absolute Gasteiger partial charge is 0.309 e. The first kappa shape index (κ1) is 38.2. The molecule has 2 unspecified atom stereocenters. The zero-order chi connectivity index (χ0) is 42.7. The summed E-state index contributed by atoms with van der Waals surface area (Å²) in [6.07, 6.45) is 3.08. The number of para-hydroxylation sites is 1. The van der Waals surface area contributed by atoms with E-state index in [1.54, 1.807) is 0 Å². The molecule has 0 amide bonds. The maximum absolute atomic E-state index is 5.82. The Morgan fingerprint density at radius 3 is 1.94 bits per heavy atom. The molecule has 64 heavy (non-hydrogen) atoms. The summed E-state index contributed by atoms with van der Waals surface area (Å²) in [6, 6.07) is 76.5. The maximum atomic E-state index is 5.82. The second-order valence-corrected chi connectivity index (χ2v) is 17.7. The molecule has 10 aromatic carbocycles. The molecule has 1 aliphatic heterocycles. The number of allylic oxidation sites excluding steroid dienone is 1. The van der Waals surface area contributed by atoms with Crippen molar-refractivity contribution in [3.63, 3.8) is 0 Å². The molecule has 0 bridgehead atoms. The second kappa shape index (κ2) is 15.7. The minimum Gasteiger partial charge on any atom is -0.309 e. The van der Waals surface area contributed by atoms with Gasteiger partial charge in [-0.3, -0.25) is 4.99 Å². The van der Waals surface area contributed by atoms with Crippen molar-refractivity contribution in [1.29, 1.82) is 0 Å². The van der Waals surface area contributed by atoms with Crippen LogP contribution in [0.25, 0.3) is 87.4 Å². The number of aromatic nitrogens is 1. The summed E-state index contributed by atoms with van der Waals surface area (Å²) < 4.78 is 2.45. The molecule has 2 nitrogen and oxygen atoms in total. The number of rotatable bonds is 6. The molecule has 11 aromatic rings. The van der Waals surface area contributed by atoms with Crippen molar-refractivity contribution in [3.05, 3.63) is 229 Å². The van der Waals surface area contributed by atoms with E-state index >= 15 is 0 Å². The normalized spacial score (nSPS) is 17.1. The van der Waals surface area contributed by atoms with Gasteiger partial charge in [-0.1, -0.05) is 183 Å². The summed E-state index contributed by atoms with van der Waals surface area (Å²) in [7, 11) is 0. The lowest BCUT2D eigenvalue weighted by molar-refractivity contribution is 0.486. The summed E-state index contributed by atoms with van der Waals surface area (Å²) in [5.74, 6) is 0.665. The van der Waals surface area contributed by atoms with Crippen molar-refractivity contribution < 1.29 is 0 Å². The quantitative estimate of drug-likeness (QED) is 0.149. The molecule has 12 rings (SSSR count). The van der Waals surface area contributed by atoms with Crippen LogP contribution in [0.15, 0.2) is 217 Å². The molecule has 0 fully saturated rings. The van der Waals surface area contributed by atoms with Crippen LogP contribution in [0, 0.1) is 5.92 Å². The topological polar surface area (TPSA) is 17.3 Å². The van der Waals surface area contributed by atoms with Crippen molar-refractivity contribution in [3.8, 4) is 16.8 Å². The molecule has 2 heteroatoms. The Hall–Kier alpha value is -7.55. The van der Waals surface area contributed by atoms with Crippen LogP contribution in [0.1, 0.15) is 55.7 Å². The highest BCUT2D eigenvalue weighted by atomic mass is 15.0. The van der Waals surface area contributed by atoms with Crippen LogP contribution in [0.2, 0.25) is 0 Å². The lowest BCUT2D eigenvalue weighted by Crippen LogP contribution is -2.25. The SMILES string of the molecule is CCC1C(c2ccccc2)=N/C(c2ccc3c4ccccc4c4cccc(-c5ccc6c7ccccc7n(-c7ccc8ccccc8c7)c6c5)c4c3c2)=C(\C)CCC1c1ccccc1. The third-order valence-electron chi connectivity index (χ3n) is 14.2. The molecular formula is C62H48N2. The molecular weight excluding hydrogens is 773 g/mol. The number of hydrogen-bond acceptors (Lipinski definition) is 1. The van der Waals surface area contributed by atoms with Crippen LogP contribution in [0.3, 0.4) is 0 Å². The first-order valence-electron chi connectivity index (χ1n) is 22.9. The fourth-order valence-electron chi connectivity index (χ4n) is 11.1. The fourth-order valence-corrected chi connectivity index (χ4v) is 11.1. The van der Waals surface area contributed by atoms with E-state index in [4.69, 9.17) is 4.99 Å². The first-order valence-corrected chi connectivity index (χ1v) is 22.9. The number of aliphatic imine (C=N–C) groups is 1.